The van der Waals surface area contributed by atoms with E-state index in [2.05, 4.69) is 13.8 Å². The van der Waals surface area contributed by atoms with Crippen LogP contribution in [0, 0.1) is 11.8 Å². The smallest absolute Gasteiger partial charge is 0.323 e. The maximum atomic E-state index is 12.1. The minimum absolute atomic E-state index is 0.0451. The van der Waals surface area contributed by atoms with Crippen molar-refractivity contribution in [1.29, 1.82) is 0 Å². The first-order chi connectivity index (χ1) is 8.06. The average molecular weight is 241 g/mol. The lowest BCUT2D eigenvalue weighted by atomic mass is 9.98. The first-order valence-electron chi connectivity index (χ1n) is 6.89. The SMILES string of the molecule is CCC(C)C(C(=O)OCC1CCCC1)N(C)C. The van der Waals surface area contributed by atoms with Gasteiger partial charge in [0.25, 0.3) is 0 Å². The van der Waals surface area contributed by atoms with Crippen molar-refractivity contribution in [1.82, 2.24) is 4.90 Å². The van der Waals surface area contributed by atoms with Crippen LogP contribution in [0.25, 0.3) is 0 Å². The zero-order valence-electron chi connectivity index (χ0n) is 11.7. The van der Waals surface area contributed by atoms with Crippen molar-refractivity contribution in [2.24, 2.45) is 11.8 Å². The third kappa shape index (κ3) is 4.30. The quantitative estimate of drug-likeness (QED) is 0.670. The lowest BCUT2D eigenvalue weighted by molar-refractivity contribution is -0.152. The maximum absolute atomic E-state index is 12.1. The Morgan fingerprint density at radius 1 is 1.35 bits per heavy atom. The summed E-state index contributed by atoms with van der Waals surface area (Å²) >= 11 is 0. The van der Waals surface area contributed by atoms with Crippen LogP contribution in [-0.2, 0) is 9.53 Å². The van der Waals surface area contributed by atoms with Gasteiger partial charge in [-0.25, -0.2) is 0 Å². The molecule has 0 aromatic rings. The van der Waals surface area contributed by atoms with Gasteiger partial charge < -0.3 is 4.74 Å². The molecular formula is C14H27NO2. The summed E-state index contributed by atoms with van der Waals surface area (Å²) in [4.78, 5) is 14.1. The Bertz CT molecular complexity index is 234. The van der Waals surface area contributed by atoms with Gasteiger partial charge in [0.2, 0.25) is 0 Å². The highest BCUT2D eigenvalue weighted by Gasteiger charge is 2.28. The lowest BCUT2D eigenvalue weighted by Gasteiger charge is -2.27. The van der Waals surface area contributed by atoms with E-state index in [9.17, 15) is 4.79 Å². The Labute approximate surface area is 106 Å². The number of hydrogen-bond acceptors (Lipinski definition) is 3. The summed E-state index contributed by atoms with van der Waals surface area (Å²) in [5.74, 6) is 0.913. The predicted octanol–water partition coefficient (Wildman–Crippen LogP) is 2.70. The number of ether oxygens (including phenoxy) is 1. The number of esters is 1. The predicted molar refractivity (Wildman–Crippen MR) is 69.8 cm³/mol. The minimum Gasteiger partial charge on any atom is -0.464 e. The Kier molecular flexibility index (Phi) is 5.96. The van der Waals surface area contributed by atoms with Crippen LogP contribution >= 0.6 is 0 Å². The summed E-state index contributed by atoms with van der Waals surface area (Å²) in [5.41, 5.74) is 0. The molecule has 0 bridgehead atoms. The molecule has 0 radical (unpaired) electrons. The molecule has 17 heavy (non-hydrogen) atoms. The molecular weight excluding hydrogens is 214 g/mol. The van der Waals surface area contributed by atoms with Gasteiger partial charge in [-0.2, -0.15) is 0 Å². The van der Waals surface area contributed by atoms with Crippen LogP contribution in [0.3, 0.4) is 0 Å². The summed E-state index contributed by atoms with van der Waals surface area (Å²) in [6.07, 6.45) is 6.04. The van der Waals surface area contributed by atoms with Gasteiger partial charge >= 0.3 is 5.97 Å². The van der Waals surface area contributed by atoms with E-state index in [1.54, 1.807) is 0 Å². The monoisotopic (exact) mass is 241 g/mol. The van der Waals surface area contributed by atoms with Gasteiger partial charge in [-0.05, 0) is 38.8 Å². The lowest BCUT2D eigenvalue weighted by Crippen LogP contribution is -2.42. The molecule has 3 nitrogen and oxygen atoms in total. The minimum atomic E-state index is -0.0959. The molecule has 100 valence electrons. The highest BCUT2D eigenvalue weighted by Crippen LogP contribution is 2.25. The van der Waals surface area contributed by atoms with Crippen molar-refractivity contribution in [3.8, 4) is 0 Å². The molecule has 1 rings (SSSR count). The van der Waals surface area contributed by atoms with E-state index >= 15 is 0 Å². The second kappa shape index (κ2) is 7.00. The molecule has 0 heterocycles. The summed E-state index contributed by atoms with van der Waals surface area (Å²) in [6.45, 7) is 4.85. The molecule has 1 aliphatic carbocycles. The topological polar surface area (TPSA) is 29.5 Å². The van der Waals surface area contributed by atoms with Crippen LogP contribution in [0.5, 0.6) is 0 Å². The summed E-state index contributed by atoms with van der Waals surface area (Å²) in [7, 11) is 3.90. The van der Waals surface area contributed by atoms with Crippen molar-refractivity contribution in [3.05, 3.63) is 0 Å². The van der Waals surface area contributed by atoms with Crippen LogP contribution < -0.4 is 0 Å². The Hall–Kier alpha value is -0.570. The molecule has 2 atom stereocenters. The molecule has 0 N–H and O–H groups in total. The van der Waals surface area contributed by atoms with E-state index in [4.69, 9.17) is 4.74 Å². The molecule has 0 aromatic heterocycles. The molecule has 0 spiro atoms. The number of carbonyl (C=O) groups excluding carboxylic acids is 1. The molecule has 0 aromatic carbocycles. The summed E-state index contributed by atoms with van der Waals surface area (Å²) in [6, 6.07) is -0.0959. The van der Waals surface area contributed by atoms with Crippen molar-refractivity contribution in [2.45, 2.75) is 52.0 Å². The molecule has 0 amide bonds. The van der Waals surface area contributed by atoms with Gasteiger partial charge in [-0.1, -0.05) is 33.1 Å². The third-order valence-electron chi connectivity index (χ3n) is 3.92. The summed E-state index contributed by atoms with van der Waals surface area (Å²) in [5, 5.41) is 0. The van der Waals surface area contributed by atoms with Gasteiger partial charge in [-0.15, -0.1) is 0 Å². The molecule has 1 aliphatic rings. The standard InChI is InChI=1S/C14H27NO2/c1-5-11(2)13(15(3)4)14(16)17-10-12-8-6-7-9-12/h11-13H,5-10H2,1-4H3. The van der Waals surface area contributed by atoms with Gasteiger partial charge in [0.05, 0.1) is 6.61 Å². The fourth-order valence-corrected chi connectivity index (χ4v) is 2.64. The van der Waals surface area contributed by atoms with Crippen LogP contribution in [0.4, 0.5) is 0 Å². The van der Waals surface area contributed by atoms with Crippen molar-refractivity contribution < 1.29 is 9.53 Å². The van der Waals surface area contributed by atoms with Crippen molar-refractivity contribution >= 4 is 5.97 Å². The largest absolute Gasteiger partial charge is 0.464 e. The van der Waals surface area contributed by atoms with Gasteiger partial charge in [0, 0.05) is 0 Å². The van der Waals surface area contributed by atoms with Crippen LogP contribution in [-0.4, -0.2) is 37.6 Å². The van der Waals surface area contributed by atoms with E-state index in [1.165, 1.54) is 25.7 Å². The van der Waals surface area contributed by atoms with E-state index in [-0.39, 0.29) is 12.0 Å². The highest BCUT2D eigenvalue weighted by molar-refractivity contribution is 5.76. The number of carbonyl (C=O) groups is 1. The number of rotatable bonds is 6. The zero-order chi connectivity index (χ0) is 12.8. The normalized spacial score (nSPS) is 20.5. The second-order valence-corrected chi connectivity index (χ2v) is 5.57. The number of likely N-dealkylation sites (N-methyl/N-ethyl adjacent to an activating group) is 1. The zero-order valence-corrected chi connectivity index (χ0v) is 11.7. The molecule has 1 saturated carbocycles. The van der Waals surface area contributed by atoms with E-state index in [0.717, 1.165) is 6.42 Å². The number of hydrogen-bond donors (Lipinski definition) is 0. The Balaban J connectivity index is 2.41. The first-order valence-corrected chi connectivity index (χ1v) is 6.89. The third-order valence-corrected chi connectivity index (χ3v) is 3.92. The first kappa shape index (κ1) is 14.5. The average Bonchev–Trinajstić information content (AvgIpc) is 2.78. The van der Waals surface area contributed by atoms with E-state index < -0.39 is 0 Å². The van der Waals surface area contributed by atoms with Gasteiger partial charge in [0.15, 0.2) is 0 Å². The Morgan fingerprint density at radius 3 is 2.41 bits per heavy atom. The fraction of sp³-hybridized carbons (Fsp3) is 0.929. The molecule has 1 fully saturated rings. The fourth-order valence-electron chi connectivity index (χ4n) is 2.64. The van der Waals surface area contributed by atoms with Crippen LogP contribution in [0.15, 0.2) is 0 Å². The van der Waals surface area contributed by atoms with Crippen LogP contribution in [0.2, 0.25) is 0 Å². The maximum Gasteiger partial charge on any atom is 0.323 e. The molecule has 0 aliphatic heterocycles. The number of nitrogens with zero attached hydrogens (tertiary/aromatic N) is 1. The van der Waals surface area contributed by atoms with E-state index in [1.807, 2.05) is 19.0 Å². The molecule has 3 heteroatoms. The van der Waals surface area contributed by atoms with Gasteiger partial charge in [-0.3, -0.25) is 9.69 Å². The molecule has 2 unspecified atom stereocenters. The highest BCUT2D eigenvalue weighted by atomic mass is 16.5. The van der Waals surface area contributed by atoms with Crippen molar-refractivity contribution in [2.75, 3.05) is 20.7 Å². The van der Waals surface area contributed by atoms with Crippen LogP contribution in [0.1, 0.15) is 46.0 Å². The second-order valence-electron chi connectivity index (χ2n) is 5.57. The van der Waals surface area contributed by atoms with Crippen molar-refractivity contribution in [3.63, 3.8) is 0 Å². The Morgan fingerprint density at radius 2 is 1.94 bits per heavy atom. The summed E-state index contributed by atoms with van der Waals surface area (Å²) < 4.78 is 5.49. The molecule has 0 saturated heterocycles. The van der Waals surface area contributed by atoms with E-state index in [0.29, 0.717) is 18.4 Å². The van der Waals surface area contributed by atoms with Gasteiger partial charge in [0.1, 0.15) is 6.04 Å².